The summed E-state index contributed by atoms with van der Waals surface area (Å²) >= 11 is 0. The minimum atomic E-state index is -0.118. The lowest BCUT2D eigenvalue weighted by Crippen LogP contribution is -2.31. The number of carbonyl (C=O) groups excluding carboxylic acids is 1. The molecule has 1 N–H and O–H groups in total. The fourth-order valence-corrected chi connectivity index (χ4v) is 2.52. The summed E-state index contributed by atoms with van der Waals surface area (Å²) < 4.78 is 0. The van der Waals surface area contributed by atoms with Crippen molar-refractivity contribution in [2.45, 2.75) is 33.2 Å². The van der Waals surface area contributed by atoms with Gasteiger partial charge in [-0.15, -0.1) is 0 Å². The summed E-state index contributed by atoms with van der Waals surface area (Å²) in [4.78, 5) is 12.5. The van der Waals surface area contributed by atoms with Gasteiger partial charge >= 0.3 is 0 Å². The highest BCUT2D eigenvalue weighted by Crippen LogP contribution is 2.23. The first-order valence-electron chi connectivity index (χ1n) is 7.95. The molecule has 2 rings (SSSR count). The van der Waals surface area contributed by atoms with Gasteiger partial charge in [0.15, 0.2) is 0 Å². The Hall–Kier alpha value is -2.60. The lowest BCUT2D eigenvalue weighted by atomic mass is 9.94. The standard InChI is InChI=1S/C20H22N2O/c1-4-15-5-9-17(10-6-15)19(14(2)3)22-20(23)18-11-7-16(13-21)8-12-18/h5-12,14,19H,4H2,1-3H3,(H,22,23)/t19-/m1/s1. The van der Waals surface area contributed by atoms with Crippen LogP contribution in [-0.4, -0.2) is 5.91 Å². The lowest BCUT2D eigenvalue weighted by molar-refractivity contribution is 0.0925. The molecule has 1 amide bonds. The van der Waals surface area contributed by atoms with Crippen LogP contribution in [0.25, 0.3) is 0 Å². The van der Waals surface area contributed by atoms with Crippen molar-refractivity contribution in [3.8, 4) is 6.07 Å². The van der Waals surface area contributed by atoms with Crippen LogP contribution in [0.1, 0.15) is 53.9 Å². The fraction of sp³-hybridized carbons (Fsp3) is 0.300. The number of carbonyl (C=O) groups is 1. The largest absolute Gasteiger partial charge is 0.345 e. The maximum absolute atomic E-state index is 12.5. The average molecular weight is 306 g/mol. The van der Waals surface area contributed by atoms with E-state index in [4.69, 9.17) is 5.26 Å². The van der Waals surface area contributed by atoms with E-state index in [1.165, 1.54) is 5.56 Å². The van der Waals surface area contributed by atoms with Gasteiger partial charge in [0.05, 0.1) is 17.7 Å². The molecule has 0 aliphatic carbocycles. The van der Waals surface area contributed by atoms with Crippen LogP contribution in [0.5, 0.6) is 0 Å². The Kier molecular flexibility index (Phi) is 5.54. The van der Waals surface area contributed by atoms with Gasteiger partial charge in [-0.05, 0) is 47.7 Å². The molecule has 0 aliphatic rings. The molecule has 0 saturated heterocycles. The van der Waals surface area contributed by atoms with Gasteiger partial charge < -0.3 is 5.32 Å². The van der Waals surface area contributed by atoms with Gasteiger partial charge in [-0.3, -0.25) is 4.79 Å². The maximum Gasteiger partial charge on any atom is 0.251 e. The molecule has 0 unspecified atom stereocenters. The van der Waals surface area contributed by atoms with Gasteiger partial charge in [-0.2, -0.15) is 5.26 Å². The predicted molar refractivity (Wildman–Crippen MR) is 92.0 cm³/mol. The fourth-order valence-electron chi connectivity index (χ4n) is 2.52. The van der Waals surface area contributed by atoms with Crippen LogP contribution in [0, 0.1) is 17.2 Å². The molecule has 3 nitrogen and oxygen atoms in total. The van der Waals surface area contributed by atoms with Crippen LogP contribution >= 0.6 is 0 Å². The number of nitriles is 1. The van der Waals surface area contributed by atoms with Crippen molar-refractivity contribution in [1.29, 1.82) is 5.26 Å². The summed E-state index contributed by atoms with van der Waals surface area (Å²) in [5, 5.41) is 11.9. The number of nitrogens with zero attached hydrogens (tertiary/aromatic N) is 1. The van der Waals surface area contributed by atoms with Crippen molar-refractivity contribution in [1.82, 2.24) is 5.32 Å². The first kappa shape index (κ1) is 16.8. The Morgan fingerprint density at radius 1 is 1.09 bits per heavy atom. The Bertz CT molecular complexity index is 694. The van der Waals surface area contributed by atoms with E-state index >= 15 is 0 Å². The highest BCUT2D eigenvalue weighted by atomic mass is 16.1. The van der Waals surface area contributed by atoms with Crippen LogP contribution < -0.4 is 5.32 Å². The van der Waals surface area contributed by atoms with Gasteiger partial charge in [-0.1, -0.05) is 45.0 Å². The van der Waals surface area contributed by atoms with E-state index in [2.05, 4.69) is 56.4 Å². The Balaban J connectivity index is 2.17. The van der Waals surface area contributed by atoms with Gasteiger partial charge in [0, 0.05) is 5.56 Å². The van der Waals surface area contributed by atoms with E-state index in [9.17, 15) is 4.79 Å². The molecule has 0 aliphatic heterocycles. The minimum Gasteiger partial charge on any atom is -0.345 e. The zero-order valence-corrected chi connectivity index (χ0v) is 13.8. The van der Waals surface area contributed by atoms with Crippen LogP contribution in [0.4, 0.5) is 0 Å². The highest BCUT2D eigenvalue weighted by molar-refractivity contribution is 5.94. The molecule has 0 radical (unpaired) electrons. The molecule has 1 atom stereocenters. The molecule has 0 bridgehead atoms. The van der Waals surface area contributed by atoms with E-state index in [1.807, 2.05) is 0 Å². The average Bonchev–Trinajstić information content (AvgIpc) is 2.59. The van der Waals surface area contributed by atoms with Gasteiger partial charge in [0.2, 0.25) is 0 Å². The van der Waals surface area contributed by atoms with Crippen molar-refractivity contribution in [2.24, 2.45) is 5.92 Å². The molecule has 2 aromatic rings. The summed E-state index contributed by atoms with van der Waals surface area (Å²) in [6, 6.07) is 17.1. The second-order valence-corrected chi connectivity index (χ2v) is 5.98. The van der Waals surface area contributed by atoms with Gasteiger partial charge in [0.25, 0.3) is 5.91 Å². The third kappa shape index (κ3) is 4.20. The lowest BCUT2D eigenvalue weighted by Gasteiger charge is -2.23. The van der Waals surface area contributed by atoms with E-state index in [0.717, 1.165) is 12.0 Å². The molecule has 118 valence electrons. The Morgan fingerprint density at radius 2 is 1.70 bits per heavy atom. The topological polar surface area (TPSA) is 52.9 Å². The van der Waals surface area contributed by atoms with Crippen molar-refractivity contribution in [3.63, 3.8) is 0 Å². The molecule has 0 spiro atoms. The normalized spacial score (nSPS) is 11.8. The summed E-state index contributed by atoms with van der Waals surface area (Å²) in [5.41, 5.74) is 3.52. The minimum absolute atomic E-state index is 0.0379. The third-order valence-corrected chi connectivity index (χ3v) is 3.98. The number of rotatable bonds is 5. The molecule has 0 aromatic heterocycles. The monoisotopic (exact) mass is 306 g/mol. The molecule has 0 saturated carbocycles. The zero-order chi connectivity index (χ0) is 16.8. The van der Waals surface area contributed by atoms with Crippen molar-refractivity contribution >= 4 is 5.91 Å². The summed E-state index contributed by atoms with van der Waals surface area (Å²) in [6.45, 7) is 6.32. The number of amides is 1. The van der Waals surface area contributed by atoms with E-state index in [0.29, 0.717) is 11.1 Å². The number of hydrogen-bond acceptors (Lipinski definition) is 2. The summed E-state index contributed by atoms with van der Waals surface area (Å²) in [5.74, 6) is 0.164. The smallest absolute Gasteiger partial charge is 0.251 e. The summed E-state index contributed by atoms with van der Waals surface area (Å²) in [7, 11) is 0. The third-order valence-electron chi connectivity index (χ3n) is 3.98. The second-order valence-electron chi connectivity index (χ2n) is 5.98. The number of benzene rings is 2. The number of hydrogen-bond donors (Lipinski definition) is 1. The van der Waals surface area contributed by atoms with Crippen molar-refractivity contribution in [2.75, 3.05) is 0 Å². The molecular formula is C20H22N2O. The maximum atomic E-state index is 12.5. The second kappa shape index (κ2) is 7.60. The molecule has 2 aromatic carbocycles. The summed E-state index contributed by atoms with van der Waals surface area (Å²) in [6.07, 6.45) is 1.00. The predicted octanol–water partition coefficient (Wildman–Crippen LogP) is 4.25. The van der Waals surface area contributed by atoms with Crippen LogP contribution in [0.15, 0.2) is 48.5 Å². The van der Waals surface area contributed by atoms with Crippen LogP contribution in [-0.2, 0) is 6.42 Å². The molecule has 23 heavy (non-hydrogen) atoms. The van der Waals surface area contributed by atoms with E-state index in [-0.39, 0.29) is 17.9 Å². The van der Waals surface area contributed by atoms with Crippen LogP contribution in [0.2, 0.25) is 0 Å². The van der Waals surface area contributed by atoms with E-state index < -0.39 is 0 Å². The first-order chi connectivity index (χ1) is 11.0. The zero-order valence-electron chi connectivity index (χ0n) is 13.8. The quantitative estimate of drug-likeness (QED) is 0.898. The molecule has 3 heteroatoms. The van der Waals surface area contributed by atoms with Crippen molar-refractivity contribution < 1.29 is 4.79 Å². The van der Waals surface area contributed by atoms with E-state index in [1.54, 1.807) is 24.3 Å². The first-order valence-corrected chi connectivity index (χ1v) is 7.95. The molecule has 0 fully saturated rings. The van der Waals surface area contributed by atoms with Crippen LogP contribution in [0.3, 0.4) is 0 Å². The Labute approximate surface area is 138 Å². The molecule has 0 heterocycles. The molecular weight excluding hydrogens is 284 g/mol. The van der Waals surface area contributed by atoms with Gasteiger partial charge in [-0.25, -0.2) is 0 Å². The van der Waals surface area contributed by atoms with Crippen molar-refractivity contribution in [3.05, 3.63) is 70.8 Å². The Morgan fingerprint density at radius 3 is 2.17 bits per heavy atom. The SMILES string of the molecule is CCc1ccc([C@H](NC(=O)c2ccc(C#N)cc2)C(C)C)cc1. The highest BCUT2D eigenvalue weighted by Gasteiger charge is 2.19. The number of aryl methyl sites for hydroxylation is 1. The van der Waals surface area contributed by atoms with Gasteiger partial charge in [0.1, 0.15) is 0 Å². The number of nitrogens with one attached hydrogen (secondary N) is 1.